The van der Waals surface area contributed by atoms with Crippen LogP contribution in [0.3, 0.4) is 0 Å². The lowest BCUT2D eigenvalue weighted by molar-refractivity contribution is 0.367. The molecule has 4 rings (SSSR count). The minimum Gasteiger partial charge on any atom is -0.504 e. The molecule has 0 saturated heterocycles. The monoisotopic (exact) mass is 357 g/mol. The van der Waals surface area contributed by atoms with Crippen LogP contribution in [-0.4, -0.2) is 31.2 Å². The number of hydrogen-bond acceptors (Lipinski definition) is 7. The Morgan fingerprint density at radius 2 is 1.96 bits per heavy atom. The van der Waals surface area contributed by atoms with Crippen LogP contribution in [0.25, 0.3) is 10.2 Å². The van der Waals surface area contributed by atoms with Gasteiger partial charge in [0.25, 0.3) is 5.56 Å². The third kappa shape index (κ3) is 2.54. The van der Waals surface area contributed by atoms with Crippen LogP contribution in [0.15, 0.2) is 28.4 Å². The Bertz CT molecular complexity index is 1070. The maximum atomic E-state index is 12.8. The second-order valence-corrected chi connectivity index (χ2v) is 6.98. The molecule has 25 heavy (non-hydrogen) atoms. The lowest BCUT2D eigenvalue weighted by atomic mass is 9.97. The first-order chi connectivity index (χ1) is 12.1. The van der Waals surface area contributed by atoms with Crippen molar-refractivity contribution in [2.24, 2.45) is 5.10 Å². The first-order valence-electron chi connectivity index (χ1n) is 7.86. The molecule has 2 heterocycles. The molecule has 8 heteroatoms. The predicted molar refractivity (Wildman–Crippen MR) is 95.0 cm³/mol. The fourth-order valence-corrected chi connectivity index (χ4v) is 4.25. The molecule has 3 N–H and O–H groups in total. The molecule has 0 aliphatic heterocycles. The lowest BCUT2D eigenvalue weighted by Gasteiger charge is -2.09. The van der Waals surface area contributed by atoms with E-state index < -0.39 is 17.2 Å². The van der Waals surface area contributed by atoms with Crippen LogP contribution in [0.5, 0.6) is 17.2 Å². The van der Waals surface area contributed by atoms with Gasteiger partial charge in [-0.25, -0.2) is 4.98 Å². The summed E-state index contributed by atoms with van der Waals surface area (Å²) in [5.74, 6) is -1.56. The van der Waals surface area contributed by atoms with Gasteiger partial charge in [-0.1, -0.05) is 0 Å². The number of aromatic hydroxyl groups is 3. The molecular weight excluding hydrogens is 342 g/mol. The van der Waals surface area contributed by atoms with Gasteiger partial charge in [-0.3, -0.25) is 4.79 Å². The minimum atomic E-state index is -0.628. The van der Waals surface area contributed by atoms with E-state index in [1.165, 1.54) is 29.6 Å². The second-order valence-electron chi connectivity index (χ2n) is 5.90. The number of benzene rings is 1. The minimum absolute atomic E-state index is 0.176. The number of aryl methyl sites for hydroxylation is 2. The summed E-state index contributed by atoms with van der Waals surface area (Å²) >= 11 is 1.57. The van der Waals surface area contributed by atoms with Crippen molar-refractivity contribution < 1.29 is 15.3 Å². The number of fused-ring (bicyclic) bond motifs is 3. The van der Waals surface area contributed by atoms with Gasteiger partial charge in [-0.2, -0.15) is 9.78 Å². The first-order valence-corrected chi connectivity index (χ1v) is 8.68. The average molecular weight is 357 g/mol. The molecule has 0 amide bonds. The molecular formula is C17H15N3O4S. The fourth-order valence-electron chi connectivity index (χ4n) is 3.03. The van der Waals surface area contributed by atoms with Crippen LogP contribution in [-0.2, 0) is 12.8 Å². The van der Waals surface area contributed by atoms with Crippen molar-refractivity contribution in [3.05, 3.63) is 44.8 Å². The zero-order valence-electron chi connectivity index (χ0n) is 13.1. The molecule has 0 radical (unpaired) electrons. The second kappa shape index (κ2) is 5.89. The van der Waals surface area contributed by atoms with Crippen LogP contribution in [0.2, 0.25) is 0 Å². The van der Waals surface area contributed by atoms with Crippen LogP contribution in [0.1, 0.15) is 28.8 Å². The van der Waals surface area contributed by atoms with Crippen molar-refractivity contribution in [2.45, 2.75) is 25.7 Å². The number of aromatic nitrogens is 2. The SMILES string of the molecule is O=c1c2c3c(sc2ncn1/N=C/c1ccc(O)c(O)c1O)CCCC3. The van der Waals surface area contributed by atoms with Crippen LogP contribution in [0.4, 0.5) is 0 Å². The number of nitrogens with zero attached hydrogens (tertiary/aromatic N) is 3. The Balaban J connectivity index is 1.79. The summed E-state index contributed by atoms with van der Waals surface area (Å²) in [7, 11) is 0. The van der Waals surface area contributed by atoms with E-state index >= 15 is 0 Å². The quantitative estimate of drug-likeness (QED) is 0.482. The summed E-state index contributed by atoms with van der Waals surface area (Å²) in [4.78, 5) is 19.0. The number of hydrogen-bond donors (Lipinski definition) is 3. The average Bonchev–Trinajstić information content (AvgIpc) is 3.00. The highest BCUT2D eigenvalue weighted by molar-refractivity contribution is 7.18. The fraction of sp³-hybridized carbons (Fsp3) is 0.235. The van der Waals surface area contributed by atoms with Crippen molar-refractivity contribution in [2.75, 3.05) is 0 Å². The Labute approximate surface area is 146 Å². The van der Waals surface area contributed by atoms with Gasteiger partial charge in [-0.15, -0.1) is 11.3 Å². The summed E-state index contributed by atoms with van der Waals surface area (Å²) in [6, 6.07) is 2.62. The van der Waals surface area contributed by atoms with E-state index in [1.807, 2.05) is 0 Å². The van der Waals surface area contributed by atoms with E-state index in [2.05, 4.69) is 10.1 Å². The molecule has 3 aromatic rings. The van der Waals surface area contributed by atoms with Gasteiger partial charge in [0.1, 0.15) is 11.2 Å². The number of phenolic OH excluding ortho intramolecular Hbond substituents is 3. The third-order valence-corrected chi connectivity index (χ3v) is 5.54. The number of phenols is 3. The Morgan fingerprint density at radius 1 is 1.16 bits per heavy atom. The maximum absolute atomic E-state index is 12.8. The van der Waals surface area contributed by atoms with Gasteiger partial charge < -0.3 is 15.3 Å². The third-order valence-electron chi connectivity index (χ3n) is 4.34. The van der Waals surface area contributed by atoms with Crippen molar-refractivity contribution in [1.82, 2.24) is 9.66 Å². The summed E-state index contributed by atoms with van der Waals surface area (Å²) in [5.41, 5.74) is 1.01. The smallest absolute Gasteiger partial charge is 0.282 e. The zero-order valence-corrected chi connectivity index (χ0v) is 14.0. The maximum Gasteiger partial charge on any atom is 0.282 e. The van der Waals surface area contributed by atoms with Gasteiger partial charge in [0, 0.05) is 10.4 Å². The summed E-state index contributed by atoms with van der Waals surface area (Å²) < 4.78 is 1.12. The molecule has 0 saturated carbocycles. The number of rotatable bonds is 2. The Morgan fingerprint density at radius 3 is 2.80 bits per heavy atom. The van der Waals surface area contributed by atoms with E-state index in [9.17, 15) is 20.1 Å². The molecule has 0 unspecified atom stereocenters. The normalized spacial score (nSPS) is 14.2. The first kappa shape index (κ1) is 15.6. The molecule has 0 bridgehead atoms. The van der Waals surface area contributed by atoms with Crippen molar-refractivity contribution in [3.8, 4) is 17.2 Å². The largest absolute Gasteiger partial charge is 0.504 e. The molecule has 2 aromatic heterocycles. The van der Waals surface area contributed by atoms with E-state index in [4.69, 9.17) is 0 Å². The van der Waals surface area contributed by atoms with Crippen molar-refractivity contribution in [1.29, 1.82) is 0 Å². The lowest BCUT2D eigenvalue weighted by Crippen LogP contribution is -2.18. The summed E-state index contributed by atoms with van der Waals surface area (Å²) in [5, 5.41) is 33.4. The van der Waals surface area contributed by atoms with Crippen molar-refractivity contribution in [3.63, 3.8) is 0 Å². The molecule has 7 nitrogen and oxygen atoms in total. The standard InChI is InChI=1S/C17H15N3O4S/c21-11-6-5-9(14(22)15(11)23)7-19-20-8-18-16-13(17(20)24)10-3-1-2-4-12(10)25-16/h5-8,21-23H,1-4H2/b19-7+. The van der Waals surface area contributed by atoms with Crippen LogP contribution in [0, 0.1) is 0 Å². The molecule has 1 aliphatic carbocycles. The molecule has 1 aromatic carbocycles. The highest BCUT2D eigenvalue weighted by atomic mass is 32.1. The van der Waals surface area contributed by atoms with E-state index in [0.717, 1.165) is 40.8 Å². The highest BCUT2D eigenvalue weighted by Gasteiger charge is 2.19. The molecule has 128 valence electrons. The molecule has 1 aliphatic rings. The van der Waals surface area contributed by atoms with E-state index in [1.54, 1.807) is 11.3 Å². The topological polar surface area (TPSA) is 108 Å². The Kier molecular flexibility index (Phi) is 3.69. The zero-order chi connectivity index (χ0) is 17.6. The van der Waals surface area contributed by atoms with E-state index in [-0.39, 0.29) is 11.1 Å². The predicted octanol–water partition coefficient (Wildman–Crippen LogP) is 2.34. The van der Waals surface area contributed by atoms with E-state index in [0.29, 0.717) is 5.39 Å². The van der Waals surface area contributed by atoms with Gasteiger partial charge >= 0.3 is 0 Å². The summed E-state index contributed by atoms with van der Waals surface area (Å²) in [6.07, 6.45) is 6.65. The molecule has 0 fully saturated rings. The van der Waals surface area contributed by atoms with Crippen LogP contribution < -0.4 is 5.56 Å². The number of thiophene rings is 1. The molecule has 0 atom stereocenters. The van der Waals surface area contributed by atoms with Gasteiger partial charge in [0.2, 0.25) is 5.75 Å². The highest BCUT2D eigenvalue weighted by Crippen LogP contribution is 2.36. The Hall–Kier alpha value is -2.87. The van der Waals surface area contributed by atoms with Gasteiger partial charge in [0.05, 0.1) is 11.6 Å². The molecule has 0 spiro atoms. The van der Waals surface area contributed by atoms with Gasteiger partial charge in [0.15, 0.2) is 11.5 Å². The van der Waals surface area contributed by atoms with Crippen LogP contribution >= 0.6 is 11.3 Å². The van der Waals surface area contributed by atoms with Crippen molar-refractivity contribution >= 4 is 27.8 Å². The van der Waals surface area contributed by atoms with Gasteiger partial charge in [-0.05, 0) is 43.4 Å². The summed E-state index contributed by atoms with van der Waals surface area (Å²) in [6.45, 7) is 0.